The summed E-state index contributed by atoms with van der Waals surface area (Å²) in [5.41, 5.74) is 1.66. The van der Waals surface area contributed by atoms with E-state index in [2.05, 4.69) is 5.32 Å². The molecule has 3 aromatic carbocycles. The highest BCUT2D eigenvalue weighted by Gasteiger charge is 2.28. The van der Waals surface area contributed by atoms with E-state index in [1.165, 1.54) is 31.4 Å². The first kappa shape index (κ1) is 21.7. The number of methoxy groups -OCH3 is 1. The molecular weight excluding hydrogens is 424 g/mol. The highest BCUT2D eigenvalue weighted by atomic mass is 35.5. The molecule has 0 aliphatic carbocycles. The summed E-state index contributed by atoms with van der Waals surface area (Å²) < 4.78 is 33.0. The number of benzene rings is 3. The lowest BCUT2D eigenvalue weighted by Crippen LogP contribution is -2.38. The van der Waals surface area contributed by atoms with Crippen molar-refractivity contribution >= 4 is 38.9 Å². The Hall–Kier alpha value is -3.03. The number of amides is 1. The number of aryl methyl sites for hydroxylation is 1. The first-order chi connectivity index (χ1) is 14.3. The summed E-state index contributed by atoms with van der Waals surface area (Å²) in [7, 11) is -2.48. The fourth-order valence-corrected chi connectivity index (χ4v) is 4.52. The minimum atomic E-state index is -4.00. The molecule has 1 N–H and O–H groups in total. The van der Waals surface area contributed by atoms with E-state index in [0.717, 1.165) is 9.87 Å². The highest BCUT2D eigenvalue weighted by molar-refractivity contribution is 7.92. The molecule has 8 heteroatoms. The van der Waals surface area contributed by atoms with Crippen LogP contribution in [0.3, 0.4) is 0 Å². The van der Waals surface area contributed by atoms with Crippen LogP contribution in [-0.2, 0) is 14.8 Å². The standard InChI is InChI=1S/C22H21ClN2O4S/c1-16-6-3-4-9-21(16)25(30(27,28)20-12-10-17(23)11-13-20)15-22(26)24-18-7-5-8-19(14-18)29-2/h3-14H,15H2,1-2H3,(H,24,26). The van der Waals surface area contributed by atoms with Crippen molar-refractivity contribution in [3.05, 3.63) is 83.4 Å². The Morgan fingerprint density at radius 3 is 2.40 bits per heavy atom. The summed E-state index contributed by atoms with van der Waals surface area (Å²) in [6, 6.07) is 19.7. The second-order valence-electron chi connectivity index (χ2n) is 6.53. The van der Waals surface area contributed by atoms with E-state index >= 15 is 0 Å². The maximum absolute atomic E-state index is 13.4. The smallest absolute Gasteiger partial charge is 0.264 e. The molecule has 0 heterocycles. The third kappa shape index (κ3) is 4.93. The number of rotatable bonds is 7. The van der Waals surface area contributed by atoms with Gasteiger partial charge in [-0.05, 0) is 55.0 Å². The third-order valence-corrected chi connectivity index (χ3v) is 6.45. The molecule has 0 bridgehead atoms. The first-order valence-corrected chi connectivity index (χ1v) is 10.9. The number of para-hydroxylation sites is 1. The Morgan fingerprint density at radius 1 is 1.03 bits per heavy atom. The largest absolute Gasteiger partial charge is 0.497 e. The van der Waals surface area contributed by atoms with Crippen molar-refractivity contribution in [3.8, 4) is 5.75 Å². The van der Waals surface area contributed by atoms with Gasteiger partial charge in [0.15, 0.2) is 0 Å². The molecule has 156 valence electrons. The van der Waals surface area contributed by atoms with Crippen LogP contribution in [-0.4, -0.2) is 28.0 Å². The average molecular weight is 445 g/mol. The van der Waals surface area contributed by atoms with Crippen LogP contribution in [0.5, 0.6) is 5.75 Å². The Kier molecular flexibility index (Phi) is 6.64. The number of sulfonamides is 1. The van der Waals surface area contributed by atoms with Gasteiger partial charge in [0.2, 0.25) is 5.91 Å². The van der Waals surface area contributed by atoms with Crippen LogP contribution in [0, 0.1) is 6.92 Å². The van der Waals surface area contributed by atoms with Crippen LogP contribution in [0.1, 0.15) is 5.56 Å². The number of carbonyl (C=O) groups is 1. The molecule has 0 aliphatic rings. The predicted molar refractivity (Wildman–Crippen MR) is 119 cm³/mol. The van der Waals surface area contributed by atoms with Crippen molar-refractivity contribution in [1.29, 1.82) is 0 Å². The number of anilines is 2. The Labute approximate surface area is 181 Å². The zero-order chi connectivity index (χ0) is 21.7. The Balaban J connectivity index is 1.95. The van der Waals surface area contributed by atoms with Crippen LogP contribution in [0.15, 0.2) is 77.7 Å². The Morgan fingerprint density at radius 2 is 1.73 bits per heavy atom. The van der Waals surface area contributed by atoms with E-state index in [0.29, 0.717) is 22.1 Å². The van der Waals surface area contributed by atoms with Crippen LogP contribution < -0.4 is 14.4 Å². The van der Waals surface area contributed by atoms with Gasteiger partial charge in [-0.1, -0.05) is 35.9 Å². The lowest BCUT2D eigenvalue weighted by molar-refractivity contribution is -0.114. The molecule has 3 aromatic rings. The normalized spacial score (nSPS) is 11.0. The van der Waals surface area contributed by atoms with Gasteiger partial charge in [0.05, 0.1) is 17.7 Å². The summed E-state index contributed by atoms with van der Waals surface area (Å²) in [5.74, 6) is 0.0985. The predicted octanol–water partition coefficient (Wildman–Crippen LogP) is 4.49. The van der Waals surface area contributed by atoms with Gasteiger partial charge in [0, 0.05) is 16.8 Å². The fraction of sp³-hybridized carbons (Fsp3) is 0.136. The summed E-state index contributed by atoms with van der Waals surface area (Å²) >= 11 is 5.90. The molecule has 1 amide bonds. The number of hydrogen-bond acceptors (Lipinski definition) is 4. The quantitative estimate of drug-likeness (QED) is 0.582. The van der Waals surface area contributed by atoms with Gasteiger partial charge in [-0.25, -0.2) is 8.42 Å². The van der Waals surface area contributed by atoms with Crippen LogP contribution in [0.25, 0.3) is 0 Å². The minimum absolute atomic E-state index is 0.0457. The molecule has 0 spiro atoms. The number of carbonyl (C=O) groups excluding carboxylic acids is 1. The molecule has 0 aromatic heterocycles. The Bertz CT molecular complexity index is 1150. The van der Waals surface area contributed by atoms with Crippen molar-refractivity contribution in [2.75, 3.05) is 23.3 Å². The summed E-state index contributed by atoms with van der Waals surface area (Å²) in [5, 5.41) is 3.15. The van der Waals surface area contributed by atoms with Gasteiger partial charge < -0.3 is 10.1 Å². The number of nitrogens with one attached hydrogen (secondary N) is 1. The third-order valence-electron chi connectivity index (χ3n) is 4.43. The van der Waals surface area contributed by atoms with Crippen molar-refractivity contribution in [2.24, 2.45) is 0 Å². The van der Waals surface area contributed by atoms with Crippen molar-refractivity contribution in [2.45, 2.75) is 11.8 Å². The molecule has 0 saturated carbocycles. The lowest BCUT2D eigenvalue weighted by Gasteiger charge is -2.25. The molecular formula is C22H21ClN2O4S. The molecule has 30 heavy (non-hydrogen) atoms. The van der Waals surface area contributed by atoms with E-state index in [-0.39, 0.29) is 4.90 Å². The number of ether oxygens (including phenoxy) is 1. The highest BCUT2D eigenvalue weighted by Crippen LogP contribution is 2.27. The second kappa shape index (κ2) is 9.19. The lowest BCUT2D eigenvalue weighted by atomic mass is 10.2. The van der Waals surface area contributed by atoms with Gasteiger partial charge in [-0.2, -0.15) is 0 Å². The zero-order valence-electron chi connectivity index (χ0n) is 16.5. The van der Waals surface area contributed by atoms with Crippen molar-refractivity contribution in [1.82, 2.24) is 0 Å². The molecule has 0 unspecified atom stereocenters. The molecule has 6 nitrogen and oxygen atoms in total. The molecule has 0 fully saturated rings. The van der Waals surface area contributed by atoms with Crippen LogP contribution in [0.4, 0.5) is 11.4 Å². The van der Waals surface area contributed by atoms with Crippen molar-refractivity contribution < 1.29 is 17.9 Å². The minimum Gasteiger partial charge on any atom is -0.497 e. The SMILES string of the molecule is COc1cccc(NC(=O)CN(c2ccccc2C)S(=O)(=O)c2ccc(Cl)cc2)c1. The number of nitrogens with zero attached hydrogens (tertiary/aromatic N) is 1. The maximum Gasteiger partial charge on any atom is 0.264 e. The molecule has 0 radical (unpaired) electrons. The van der Waals surface area contributed by atoms with E-state index in [9.17, 15) is 13.2 Å². The molecule has 0 saturated heterocycles. The summed E-state index contributed by atoms with van der Waals surface area (Å²) in [6.07, 6.45) is 0. The average Bonchev–Trinajstić information content (AvgIpc) is 2.73. The topological polar surface area (TPSA) is 75.7 Å². The second-order valence-corrected chi connectivity index (χ2v) is 8.83. The van der Waals surface area contributed by atoms with Gasteiger partial charge >= 0.3 is 0 Å². The number of halogens is 1. The van der Waals surface area contributed by atoms with Gasteiger partial charge in [-0.3, -0.25) is 9.10 Å². The van der Waals surface area contributed by atoms with Crippen molar-refractivity contribution in [3.63, 3.8) is 0 Å². The van der Waals surface area contributed by atoms with E-state index in [1.807, 2.05) is 6.07 Å². The number of hydrogen-bond donors (Lipinski definition) is 1. The molecule has 3 rings (SSSR count). The summed E-state index contributed by atoms with van der Waals surface area (Å²) in [4.78, 5) is 12.8. The van der Waals surface area contributed by atoms with E-state index in [4.69, 9.17) is 16.3 Å². The molecule has 0 aliphatic heterocycles. The molecule has 0 atom stereocenters. The first-order valence-electron chi connectivity index (χ1n) is 9.09. The van der Waals surface area contributed by atoms with Crippen LogP contribution >= 0.6 is 11.6 Å². The fourth-order valence-electron chi connectivity index (χ4n) is 2.91. The van der Waals surface area contributed by atoms with Gasteiger partial charge in [-0.15, -0.1) is 0 Å². The van der Waals surface area contributed by atoms with E-state index < -0.39 is 22.5 Å². The monoisotopic (exact) mass is 444 g/mol. The maximum atomic E-state index is 13.4. The van der Waals surface area contributed by atoms with Crippen LogP contribution in [0.2, 0.25) is 5.02 Å². The van der Waals surface area contributed by atoms with Gasteiger partial charge in [0.1, 0.15) is 12.3 Å². The van der Waals surface area contributed by atoms with Gasteiger partial charge in [0.25, 0.3) is 10.0 Å². The van der Waals surface area contributed by atoms with E-state index in [1.54, 1.807) is 49.4 Å². The summed E-state index contributed by atoms with van der Waals surface area (Å²) in [6.45, 7) is 1.40. The zero-order valence-corrected chi connectivity index (χ0v) is 18.1.